The third-order valence-electron chi connectivity index (χ3n) is 44.5. The van der Waals surface area contributed by atoms with Crippen molar-refractivity contribution in [1.82, 2.24) is 19.6 Å². The van der Waals surface area contributed by atoms with E-state index in [9.17, 15) is 0 Å². The molecule has 1 unspecified atom stereocenters. The summed E-state index contributed by atoms with van der Waals surface area (Å²) in [5.41, 5.74) is 15.3. The van der Waals surface area contributed by atoms with Crippen LogP contribution in [-0.2, 0) is 0 Å². The van der Waals surface area contributed by atoms with Crippen LogP contribution >= 0.6 is 0 Å². The zero-order valence-electron chi connectivity index (χ0n) is 82.6. The quantitative estimate of drug-likeness (QED) is 0.141. The van der Waals surface area contributed by atoms with Gasteiger partial charge in [0.1, 0.15) is 0 Å². The van der Waals surface area contributed by atoms with Crippen molar-refractivity contribution in [3.8, 4) is 0 Å². The number of hydrogen-bond acceptors (Lipinski definition) is 4. The Balaban J connectivity index is 0.000000104. The molecule has 0 heterocycles. The van der Waals surface area contributed by atoms with Crippen LogP contribution in [0.4, 0.5) is 0 Å². The predicted octanol–water partition coefficient (Wildman–Crippen LogP) is 31.3. The molecule has 13 saturated carbocycles. The molecule has 24 rings (SSSR count). The first-order valence-electron chi connectivity index (χ1n) is 53.3. The van der Waals surface area contributed by atoms with Crippen molar-refractivity contribution in [3.05, 3.63) is 216 Å². The van der Waals surface area contributed by atoms with E-state index in [1.165, 1.54) is 266 Å². The molecular formula is C124H166N4. The summed E-state index contributed by atoms with van der Waals surface area (Å²) in [5, 5.41) is 11.1. The van der Waals surface area contributed by atoms with Gasteiger partial charge in [0.15, 0.2) is 0 Å². The molecule has 16 aliphatic rings. The van der Waals surface area contributed by atoms with Crippen LogP contribution in [0.1, 0.15) is 301 Å². The number of rotatable bonds is 8. The van der Waals surface area contributed by atoms with Gasteiger partial charge in [-0.25, -0.2) is 0 Å². The van der Waals surface area contributed by atoms with E-state index < -0.39 is 0 Å². The Labute approximate surface area is 776 Å². The molecule has 0 aliphatic heterocycles. The maximum atomic E-state index is 2.72. The van der Waals surface area contributed by atoms with Crippen LogP contribution in [0.5, 0.6) is 0 Å². The van der Waals surface area contributed by atoms with Crippen molar-refractivity contribution in [2.45, 2.75) is 303 Å². The minimum absolute atomic E-state index is 0.339. The van der Waals surface area contributed by atoms with E-state index in [0.717, 1.165) is 125 Å². The third-order valence-corrected chi connectivity index (χ3v) is 44.5. The average Bonchev–Trinajstić information content (AvgIpc) is 1.45. The molecule has 0 aromatic heterocycles. The molecule has 8 aromatic rings. The standard InChI is InChI=1S/2C31H43N.C31H41N.C31H39N/c4*1-30-17-15-25(32(3)4)20-24(30)11-12-26-28-14-13-27(31(28,2)18-16-29(26)30)23-10-9-21-7-5-6-8-22(21)19-23/h2*5-10,19,24-29H,11-18,20H2,1-4H3;5-10,13,19,24-26,28-29H,11-12,14-18,20H2,1-4H3;5-11,13,19,25-26,28-29H,12,14-18,20H2,1-4H3/t24-,25+,26-,27?,28-,29-,30-,31+;24-,25-,26-,27+,28-,29-,30-,31+;24-,25+,26-,28-,29-,30-,31+;25-,26-,28-,29-,30-,31+/m0000/s1. The van der Waals surface area contributed by atoms with Gasteiger partial charge < -0.3 is 19.6 Å². The van der Waals surface area contributed by atoms with Crippen molar-refractivity contribution in [1.29, 1.82) is 0 Å². The molecule has 0 amide bonds. The number of benzene rings is 8. The summed E-state index contributed by atoms with van der Waals surface area (Å²) in [6.45, 7) is 21.4. The van der Waals surface area contributed by atoms with Gasteiger partial charge in [0.05, 0.1) is 0 Å². The van der Waals surface area contributed by atoms with E-state index in [2.05, 4.69) is 319 Å². The average molecular weight is 1710 g/mol. The van der Waals surface area contributed by atoms with Gasteiger partial charge in [-0.1, -0.05) is 237 Å². The molecule has 0 radical (unpaired) electrons. The van der Waals surface area contributed by atoms with E-state index in [-0.39, 0.29) is 0 Å². The lowest BCUT2D eigenvalue weighted by Gasteiger charge is -2.61. The van der Waals surface area contributed by atoms with Crippen LogP contribution < -0.4 is 0 Å². The molecule has 16 aliphatic carbocycles. The number of allylic oxidation sites excluding steroid dienone is 5. The second-order valence-electron chi connectivity index (χ2n) is 50.1. The molecule has 4 nitrogen and oxygen atoms in total. The Morgan fingerprint density at radius 3 is 0.961 bits per heavy atom. The fourth-order valence-corrected chi connectivity index (χ4v) is 36.9. The maximum absolute atomic E-state index is 2.72. The van der Waals surface area contributed by atoms with Gasteiger partial charge in [-0.2, -0.15) is 0 Å². The number of hydrogen-bond donors (Lipinski definition) is 0. The van der Waals surface area contributed by atoms with E-state index in [1.54, 1.807) is 27.8 Å². The van der Waals surface area contributed by atoms with Crippen LogP contribution in [0.25, 0.3) is 54.2 Å². The lowest BCUT2D eigenvalue weighted by molar-refractivity contribution is -0.115. The topological polar surface area (TPSA) is 13.0 Å². The first-order valence-corrected chi connectivity index (χ1v) is 53.3. The second-order valence-corrected chi connectivity index (χ2v) is 50.1. The summed E-state index contributed by atoms with van der Waals surface area (Å²) in [6, 6.07) is 67.8. The van der Waals surface area contributed by atoms with Crippen molar-refractivity contribution < 1.29 is 0 Å². The van der Waals surface area contributed by atoms with Gasteiger partial charge in [0.2, 0.25) is 0 Å². The minimum Gasteiger partial charge on any atom is -0.306 e. The molecule has 682 valence electrons. The highest BCUT2D eigenvalue weighted by Crippen LogP contribution is 2.74. The predicted molar refractivity (Wildman–Crippen MR) is 545 cm³/mol. The van der Waals surface area contributed by atoms with Crippen molar-refractivity contribution in [3.63, 3.8) is 0 Å². The normalized spacial score (nSPS) is 41.8. The summed E-state index contributed by atoms with van der Waals surface area (Å²) in [6.07, 6.45) is 55.1. The van der Waals surface area contributed by atoms with E-state index in [0.29, 0.717) is 43.3 Å². The molecule has 0 bridgehead atoms. The summed E-state index contributed by atoms with van der Waals surface area (Å²) in [7, 11) is 18.3. The van der Waals surface area contributed by atoms with E-state index in [4.69, 9.17) is 0 Å². The summed E-state index contributed by atoms with van der Waals surface area (Å²) < 4.78 is 0. The Hall–Kier alpha value is -6.14. The van der Waals surface area contributed by atoms with Crippen LogP contribution in [0.2, 0.25) is 0 Å². The molecule has 0 spiro atoms. The first-order chi connectivity index (χ1) is 61.6. The Kier molecular flexibility index (Phi) is 23.5. The molecule has 13 fully saturated rings. The number of nitrogens with zero attached hydrogens (tertiary/aromatic N) is 4. The lowest BCUT2D eigenvalue weighted by atomic mass is 9.44. The molecule has 128 heavy (non-hydrogen) atoms. The van der Waals surface area contributed by atoms with Crippen LogP contribution in [0.3, 0.4) is 0 Å². The van der Waals surface area contributed by atoms with Gasteiger partial charge >= 0.3 is 0 Å². The highest BCUT2D eigenvalue weighted by atomic mass is 15.1. The van der Waals surface area contributed by atoms with Crippen LogP contribution in [0, 0.1) is 132 Å². The van der Waals surface area contributed by atoms with Crippen molar-refractivity contribution >= 4 is 54.2 Å². The Bertz CT molecular complexity index is 5250. The monoisotopic (exact) mass is 1710 g/mol. The lowest BCUT2D eigenvalue weighted by Crippen LogP contribution is -2.54. The van der Waals surface area contributed by atoms with Gasteiger partial charge in [-0.05, 0) is 501 Å². The maximum Gasteiger partial charge on any atom is 0.0127 e. The van der Waals surface area contributed by atoms with Gasteiger partial charge in [-0.15, -0.1) is 0 Å². The van der Waals surface area contributed by atoms with Gasteiger partial charge in [0.25, 0.3) is 0 Å². The van der Waals surface area contributed by atoms with Gasteiger partial charge in [0, 0.05) is 24.2 Å². The molecule has 8 aromatic carbocycles. The zero-order valence-corrected chi connectivity index (χ0v) is 82.6. The molecule has 29 atom stereocenters. The van der Waals surface area contributed by atoms with Crippen LogP contribution in [-0.4, -0.2) is 100 Å². The SMILES string of the molecule is CN(C)[C@@H]1CC[C@@]2(C)[C@@H](CC[C@@H]3[C@@H]2CC[C@]2(C)C(c4ccc5ccccc5c4)=CC[C@@H]32)C1.CN(C)[C@@H]1CC[C@@]2(C)[C@@H](CC[C@@H]3[C@@H]2CC[C@]2(C)C(c4ccc5ccccc5c4)CC[C@@H]32)C1.CN(C)[C@H]1CC[C@@]2(C)C(=CC[C@@H]3[C@@H]2CC[C@]2(C)C(c4ccc5ccccc5c4)=CC[C@@H]32)C1.CN(C)[C@H]1CC[C@@]2(C)[C@@H](CC[C@@H]3[C@@H]2CC[C@]2(C)[C@@H](c4ccc5ccccc5c4)CC[C@@H]32)C1. The largest absolute Gasteiger partial charge is 0.306 e. The zero-order chi connectivity index (χ0) is 88.3. The smallest absolute Gasteiger partial charge is 0.0127 e. The summed E-state index contributed by atoms with van der Waals surface area (Å²) >= 11 is 0. The highest BCUT2D eigenvalue weighted by molar-refractivity contribution is 5.89. The fraction of sp³-hybridized carbons (Fsp3) is 0.629. The van der Waals surface area contributed by atoms with Crippen molar-refractivity contribution in [2.24, 2.45) is 132 Å². The fourth-order valence-electron chi connectivity index (χ4n) is 36.9. The Morgan fingerprint density at radius 2 is 0.562 bits per heavy atom. The van der Waals surface area contributed by atoms with E-state index in [1.807, 2.05) is 0 Å². The van der Waals surface area contributed by atoms with Gasteiger partial charge in [-0.3, -0.25) is 0 Å². The Morgan fingerprint density at radius 1 is 0.242 bits per heavy atom. The minimum atomic E-state index is 0.339. The van der Waals surface area contributed by atoms with Crippen LogP contribution in [0.15, 0.2) is 194 Å². The summed E-state index contributed by atoms with van der Waals surface area (Å²) in [5.74, 6) is 15.5. The molecule has 4 heteroatoms. The summed E-state index contributed by atoms with van der Waals surface area (Å²) in [4.78, 5) is 9.98. The number of fused-ring (bicyclic) bond motifs is 24. The highest BCUT2D eigenvalue weighted by Gasteiger charge is 2.65. The molecule has 0 N–H and O–H groups in total. The second kappa shape index (κ2) is 34.0. The van der Waals surface area contributed by atoms with E-state index >= 15 is 0 Å². The van der Waals surface area contributed by atoms with Crippen molar-refractivity contribution in [2.75, 3.05) is 56.4 Å². The first kappa shape index (κ1) is 88.5. The molecule has 0 saturated heterocycles. The third kappa shape index (κ3) is 14.8. The molecular weight excluding hydrogens is 1550 g/mol.